The van der Waals surface area contributed by atoms with Gasteiger partial charge in [-0.25, -0.2) is 9.79 Å². The van der Waals surface area contributed by atoms with E-state index in [-0.39, 0.29) is 18.5 Å². The standard InChI is InChI=1S/C20H31N5O3/c1-5-15-7-6-8-16(13-15)23-17(26)14-22-18(21)24-9-11-25(12-10-24)19(27)28-20(2,3)4/h6-8,13H,5,9-12,14H2,1-4H3,(H2,21,22)(H,23,26). The highest BCUT2D eigenvalue weighted by atomic mass is 16.6. The van der Waals surface area contributed by atoms with Crippen molar-refractivity contribution in [3.63, 3.8) is 0 Å². The number of nitrogens with zero attached hydrogens (tertiary/aromatic N) is 3. The summed E-state index contributed by atoms with van der Waals surface area (Å²) < 4.78 is 5.38. The number of nitrogens with two attached hydrogens (primary N) is 1. The first kappa shape index (κ1) is 21.5. The fourth-order valence-corrected chi connectivity index (χ4v) is 2.77. The van der Waals surface area contributed by atoms with Crippen molar-refractivity contribution in [3.8, 4) is 0 Å². The molecular weight excluding hydrogens is 358 g/mol. The first-order chi connectivity index (χ1) is 13.2. The average Bonchev–Trinajstić information content (AvgIpc) is 2.65. The molecule has 8 nitrogen and oxygen atoms in total. The normalized spacial score (nSPS) is 15.4. The smallest absolute Gasteiger partial charge is 0.410 e. The molecule has 0 aromatic heterocycles. The van der Waals surface area contributed by atoms with Crippen molar-refractivity contribution in [2.75, 3.05) is 38.0 Å². The summed E-state index contributed by atoms with van der Waals surface area (Å²) in [4.78, 5) is 31.9. The number of hydrogen-bond acceptors (Lipinski definition) is 4. The third kappa shape index (κ3) is 6.75. The molecule has 1 aliphatic heterocycles. The van der Waals surface area contributed by atoms with Crippen molar-refractivity contribution in [1.82, 2.24) is 9.80 Å². The zero-order valence-corrected chi connectivity index (χ0v) is 17.2. The van der Waals surface area contributed by atoms with E-state index in [1.54, 1.807) is 4.90 Å². The van der Waals surface area contributed by atoms with E-state index in [1.807, 2.05) is 49.9 Å². The maximum atomic E-state index is 12.1. The van der Waals surface area contributed by atoms with Gasteiger partial charge in [0.05, 0.1) is 0 Å². The van der Waals surface area contributed by atoms with Gasteiger partial charge in [-0.3, -0.25) is 4.79 Å². The van der Waals surface area contributed by atoms with Crippen molar-refractivity contribution in [3.05, 3.63) is 29.8 Å². The average molecular weight is 390 g/mol. The Bertz CT molecular complexity index is 719. The monoisotopic (exact) mass is 389 g/mol. The van der Waals surface area contributed by atoms with Crippen LogP contribution in [0.25, 0.3) is 0 Å². The molecule has 0 unspecified atom stereocenters. The Morgan fingerprint density at radius 3 is 2.43 bits per heavy atom. The number of guanidine groups is 1. The second-order valence-electron chi connectivity index (χ2n) is 7.73. The van der Waals surface area contributed by atoms with Crippen LogP contribution >= 0.6 is 0 Å². The molecule has 0 bridgehead atoms. The van der Waals surface area contributed by atoms with Gasteiger partial charge in [0.1, 0.15) is 12.1 Å². The predicted octanol–water partition coefficient (Wildman–Crippen LogP) is 2.05. The van der Waals surface area contributed by atoms with E-state index in [1.165, 1.54) is 0 Å². The quantitative estimate of drug-likeness (QED) is 0.606. The summed E-state index contributed by atoms with van der Waals surface area (Å²) in [5, 5.41) is 2.83. The second-order valence-corrected chi connectivity index (χ2v) is 7.73. The molecule has 0 spiro atoms. The van der Waals surface area contributed by atoms with Crippen LogP contribution in [0.5, 0.6) is 0 Å². The molecule has 8 heteroatoms. The highest BCUT2D eigenvalue weighted by molar-refractivity contribution is 5.94. The molecule has 0 saturated carbocycles. The lowest BCUT2D eigenvalue weighted by Crippen LogP contribution is -2.53. The molecule has 1 aliphatic rings. The Kier molecular flexibility index (Phi) is 7.25. The predicted molar refractivity (Wildman–Crippen MR) is 110 cm³/mol. The maximum Gasteiger partial charge on any atom is 0.410 e. The summed E-state index contributed by atoms with van der Waals surface area (Å²) >= 11 is 0. The Labute approximate surface area is 166 Å². The molecule has 1 fully saturated rings. The molecule has 154 valence electrons. The van der Waals surface area contributed by atoms with Gasteiger partial charge < -0.3 is 25.6 Å². The highest BCUT2D eigenvalue weighted by Crippen LogP contribution is 2.12. The van der Waals surface area contributed by atoms with E-state index in [0.29, 0.717) is 32.1 Å². The number of aryl methyl sites for hydroxylation is 1. The van der Waals surface area contributed by atoms with Gasteiger partial charge in [-0.15, -0.1) is 0 Å². The summed E-state index contributed by atoms with van der Waals surface area (Å²) in [6.45, 7) is 9.65. The molecule has 0 aliphatic carbocycles. The first-order valence-electron chi connectivity index (χ1n) is 9.59. The van der Waals surface area contributed by atoms with E-state index in [4.69, 9.17) is 10.5 Å². The minimum Gasteiger partial charge on any atom is -0.444 e. The lowest BCUT2D eigenvalue weighted by molar-refractivity contribution is -0.114. The molecule has 2 amide bonds. The Morgan fingerprint density at radius 1 is 1.18 bits per heavy atom. The largest absolute Gasteiger partial charge is 0.444 e. The lowest BCUT2D eigenvalue weighted by Gasteiger charge is -2.36. The number of piperazine rings is 1. The summed E-state index contributed by atoms with van der Waals surface area (Å²) in [7, 11) is 0. The fraction of sp³-hybridized carbons (Fsp3) is 0.550. The van der Waals surface area contributed by atoms with Crippen molar-refractivity contribution in [2.45, 2.75) is 39.7 Å². The van der Waals surface area contributed by atoms with Gasteiger partial charge in [0.2, 0.25) is 5.91 Å². The molecule has 1 aromatic rings. The van der Waals surface area contributed by atoms with Gasteiger partial charge in [0, 0.05) is 31.9 Å². The van der Waals surface area contributed by atoms with Crippen LogP contribution in [0.2, 0.25) is 0 Å². The van der Waals surface area contributed by atoms with Crippen molar-refractivity contribution in [1.29, 1.82) is 0 Å². The van der Waals surface area contributed by atoms with Crippen LogP contribution < -0.4 is 11.1 Å². The summed E-state index contributed by atoms with van der Waals surface area (Å²) in [6.07, 6.45) is 0.584. The number of carbonyl (C=O) groups is 2. The van der Waals surface area contributed by atoms with E-state index < -0.39 is 5.60 Å². The van der Waals surface area contributed by atoms with Gasteiger partial charge in [0.25, 0.3) is 0 Å². The van der Waals surface area contributed by atoms with Crippen molar-refractivity contribution < 1.29 is 14.3 Å². The van der Waals surface area contributed by atoms with Crippen LogP contribution in [-0.4, -0.2) is 66.1 Å². The van der Waals surface area contributed by atoms with Crippen LogP contribution in [0.3, 0.4) is 0 Å². The molecule has 28 heavy (non-hydrogen) atoms. The number of amides is 2. The topological polar surface area (TPSA) is 100 Å². The molecular formula is C20H31N5O3. The lowest BCUT2D eigenvalue weighted by atomic mass is 10.1. The first-order valence-corrected chi connectivity index (χ1v) is 9.59. The minimum atomic E-state index is -0.515. The molecule has 2 rings (SSSR count). The number of rotatable bonds is 4. The van der Waals surface area contributed by atoms with Crippen LogP contribution in [0.4, 0.5) is 10.5 Å². The Morgan fingerprint density at radius 2 is 1.82 bits per heavy atom. The fourth-order valence-electron chi connectivity index (χ4n) is 2.77. The van der Waals surface area contributed by atoms with Gasteiger partial charge in [-0.1, -0.05) is 19.1 Å². The Hall–Kier alpha value is -2.77. The number of anilines is 1. The molecule has 0 atom stereocenters. The number of ether oxygens (including phenoxy) is 1. The SMILES string of the molecule is CCc1cccc(NC(=O)CN=C(N)N2CCN(C(=O)OC(C)(C)C)CC2)c1. The van der Waals surface area contributed by atoms with Gasteiger partial charge >= 0.3 is 6.09 Å². The van der Waals surface area contributed by atoms with E-state index in [9.17, 15) is 9.59 Å². The molecule has 1 aromatic carbocycles. The number of nitrogens with one attached hydrogen (secondary N) is 1. The number of hydrogen-bond donors (Lipinski definition) is 2. The molecule has 3 N–H and O–H groups in total. The van der Waals surface area contributed by atoms with Crippen LogP contribution in [-0.2, 0) is 16.0 Å². The van der Waals surface area contributed by atoms with Crippen molar-refractivity contribution in [2.24, 2.45) is 10.7 Å². The summed E-state index contributed by atoms with van der Waals surface area (Å²) in [6, 6.07) is 7.72. The minimum absolute atomic E-state index is 0.0472. The van der Waals surface area contributed by atoms with Crippen LogP contribution in [0.15, 0.2) is 29.3 Å². The second kappa shape index (κ2) is 9.43. The third-order valence-electron chi connectivity index (χ3n) is 4.26. The summed E-state index contributed by atoms with van der Waals surface area (Å²) in [5.74, 6) is 0.0879. The van der Waals surface area contributed by atoms with Crippen LogP contribution in [0.1, 0.15) is 33.3 Å². The highest BCUT2D eigenvalue weighted by Gasteiger charge is 2.26. The maximum absolute atomic E-state index is 12.1. The van der Waals surface area contributed by atoms with Gasteiger partial charge in [-0.05, 0) is 44.9 Å². The zero-order valence-electron chi connectivity index (χ0n) is 17.2. The van der Waals surface area contributed by atoms with E-state index in [2.05, 4.69) is 17.2 Å². The van der Waals surface area contributed by atoms with Crippen molar-refractivity contribution >= 4 is 23.6 Å². The van der Waals surface area contributed by atoms with E-state index >= 15 is 0 Å². The summed E-state index contributed by atoms with van der Waals surface area (Å²) in [5.41, 5.74) is 7.42. The number of carbonyl (C=O) groups excluding carboxylic acids is 2. The number of benzene rings is 1. The van der Waals surface area contributed by atoms with Crippen LogP contribution in [0, 0.1) is 0 Å². The van der Waals surface area contributed by atoms with E-state index in [0.717, 1.165) is 17.7 Å². The molecule has 1 saturated heterocycles. The molecule has 0 radical (unpaired) electrons. The van der Waals surface area contributed by atoms with Gasteiger partial charge in [0.15, 0.2) is 5.96 Å². The zero-order chi connectivity index (χ0) is 20.7. The van der Waals surface area contributed by atoms with Gasteiger partial charge in [-0.2, -0.15) is 0 Å². The molecule has 1 heterocycles. The number of aliphatic imine (C=N–C) groups is 1. The Balaban J connectivity index is 1.80. The third-order valence-corrected chi connectivity index (χ3v) is 4.26.